The summed E-state index contributed by atoms with van der Waals surface area (Å²) in [7, 11) is 1.45. The van der Waals surface area contributed by atoms with Crippen LogP contribution in [0.5, 0.6) is 0 Å². The monoisotopic (exact) mass is 259 g/mol. The molecule has 5 heteroatoms. The quantitative estimate of drug-likeness (QED) is 0.620. The van der Waals surface area contributed by atoms with Gasteiger partial charge in [-0.15, -0.1) is 12.4 Å². The van der Waals surface area contributed by atoms with E-state index in [1.165, 1.54) is 7.11 Å². The van der Waals surface area contributed by atoms with Crippen LogP contribution in [0.4, 0.5) is 0 Å². The summed E-state index contributed by atoms with van der Waals surface area (Å²) in [6.45, 7) is 1.82. The van der Waals surface area contributed by atoms with E-state index in [4.69, 9.17) is 10.5 Å². The lowest BCUT2D eigenvalue weighted by Crippen LogP contribution is -2.49. The SMILES string of the molecule is CC[C@H](O)[C@@](N)(OC)c1ccc(C=O)cc1.Cl. The molecule has 4 nitrogen and oxygen atoms in total. The second kappa shape index (κ2) is 6.71. The van der Waals surface area contributed by atoms with Crippen LogP contribution in [-0.2, 0) is 10.5 Å². The zero-order valence-corrected chi connectivity index (χ0v) is 10.7. The summed E-state index contributed by atoms with van der Waals surface area (Å²) in [6, 6.07) is 6.66. The molecule has 0 unspecified atom stereocenters. The van der Waals surface area contributed by atoms with Crippen LogP contribution in [0, 0.1) is 0 Å². The predicted octanol–water partition coefficient (Wildman–Crippen LogP) is 1.45. The maximum atomic E-state index is 10.5. The first kappa shape index (κ1) is 16.1. The van der Waals surface area contributed by atoms with Gasteiger partial charge in [-0.1, -0.05) is 31.2 Å². The van der Waals surface area contributed by atoms with Gasteiger partial charge in [-0.05, 0) is 6.42 Å². The number of aliphatic hydroxyl groups excluding tert-OH is 1. The van der Waals surface area contributed by atoms with Gasteiger partial charge in [0.25, 0.3) is 0 Å². The lowest BCUT2D eigenvalue weighted by molar-refractivity contribution is -0.106. The summed E-state index contributed by atoms with van der Waals surface area (Å²) in [5.74, 6) is 0. The van der Waals surface area contributed by atoms with Crippen molar-refractivity contribution in [2.75, 3.05) is 7.11 Å². The van der Waals surface area contributed by atoms with E-state index in [-0.39, 0.29) is 12.4 Å². The lowest BCUT2D eigenvalue weighted by Gasteiger charge is -2.32. The van der Waals surface area contributed by atoms with Crippen molar-refractivity contribution in [3.8, 4) is 0 Å². The minimum atomic E-state index is -1.23. The predicted molar refractivity (Wildman–Crippen MR) is 68.2 cm³/mol. The average molecular weight is 260 g/mol. The number of aldehydes is 1. The van der Waals surface area contributed by atoms with E-state index in [0.717, 1.165) is 6.29 Å². The third-order valence-corrected chi connectivity index (χ3v) is 2.72. The van der Waals surface area contributed by atoms with Crippen molar-refractivity contribution in [3.05, 3.63) is 35.4 Å². The summed E-state index contributed by atoms with van der Waals surface area (Å²) < 4.78 is 5.19. The van der Waals surface area contributed by atoms with E-state index in [1.807, 2.05) is 6.92 Å². The average Bonchev–Trinajstić information content (AvgIpc) is 2.36. The molecular weight excluding hydrogens is 242 g/mol. The number of benzene rings is 1. The fourth-order valence-corrected chi connectivity index (χ4v) is 1.57. The second-order valence-electron chi connectivity index (χ2n) is 3.66. The Morgan fingerprint density at radius 3 is 2.35 bits per heavy atom. The number of carbonyl (C=O) groups is 1. The highest BCUT2D eigenvalue weighted by molar-refractivity contribution is 5.85. The highest BCUT2D eigenvalue weighted by Crippen LogP contribution is 2.25. The fraction of sp³-hybridized carbons (Fsp3) is 0.417. The van der Waals surface area contributed by atoms with E-state index in [9.17, 15) is 9.90 Å². The van der Waals surface area contributed by atoms with Crippen LogP contribution < -0.4 is 5.73 Å². The lowest BCUT2D eigenvalue weighted by atomic mass is 9.95. The van der Waals surface area contributed by atoms with Gasteiger partial charge in [0.15, 0.2) is 5.72 Å². The molecule has 0 aliphatic carbocycles. The molecule has 17 heavy (non-hydrogen) atoms. The Bertz CT molecular complexity index is 355. The van der Waals surface area contributed by atoms with Gasteiger partial charge in [0, 0.05) is 18.2 Å². The zero-order valence-electron chi connectivity index (χ0n) is 9.92. The van der Waals surface area contributed by atoms with Crippen molar-refractivity contribution in [3.63, 3.8) is 0 Å². The molecule has 0 heterocycles. The molecule has 0 spiro atoms. The van der Waals surface area contributed by atoms with E-state index < -0.39 is 11.8 Å². The van der Waals surface area contributed by atoms with Crippen LogP contribution >= 0.6 is 12.4 Å². The number of ether oxygens (including phenoxy) is 1. The van der Waals surface area contributed by atoms with Crippen molar-refractivity contribution in [1.29, 1.82) is 0 Å². The van der Waals surface area contributed by atoms with Crippen molar-refractivity contribution in [2.45, 2.75) is 25.2 Å². The molecular formula is C12H18ClNO3. The number of aliphatic hydroxyl groups is 1. The third kappa shape index (κ3) is 3.26. The Hall–Kier alpha value is -0.940. The van der Waals surface area contributed by atoms with Gasteiger partial charge in [-0.3, -0.25) is 10.5 Å². The Morgan fingerprint density at radius 1 is 1.47 bits per heavy atom. The number of nitrogens with two attached hydrogens (primary N) is 1. The Kier molecular flexibility index (Phi) is 6.34. The number of halogens is 1. The summed E-state index contributed by atoms with van der Waals surface area (Å²) in [4.78, 5) is 10.5. The molecule has 1 rings (SSSR count). The van der Waals surface area contributed by atoms with Crippen molar-refractivity contribution >= 4 is 18.7 Å². The number of rotatable bonds is 5. The molecule has 2 atom stereocenters. The van der Waals surface area contributed by atoms with Crippen molar-refractivity contribution < 1.29 is 14.6 Å². The van der Waals surface area contributed by atoms with Crippen LogP contribution in [0.1, 0.15) is 29.3 Å². The van der Waals surface area contributed by atoms with E-state index in [2.05, 4.69) is 0 Å². The summed E-state index contributed by atoms with van der Waals surface area (Å²) in [6.07, 6.45) is 0.449. The molecule has 0 amide bonds. The molecule has 0 aliphatic heterocycles. The molecule has 0 bridgehead atoms. The Labute approximate surface area is 107 Å². The maximum absolute atomic E-state index is 10.5. The number of carbonyl (C=O) groups excluding carboxylic acids is 1. The topological polar surface area (TPSA) is 72.6 Å². The van der Waals surface area contributed by atoms with E-state index in [0.29, 0.717) is 17.5 Å². The standard InChI is InChI=1S/C12H17NO3.ClH/c1-3-11(15)12(13,16-2)10-6-4-9(8-14)5-7-10;/h4-8,11,15H,3,13H2,1-2H3;1H/t11-,12-;/m0./s1. The molecule has 0 radical (unpaired) electrons. The summed E-state index contributed by atoms with van der Waals surface area (Å²) in [5, 5.41) is 9.84. The maximum Gasteiger partial charge on any atom is 0.168 e. The molecule has 3 N–H and O–H groups in total. The number of hydrogen-bond donors (Lipinski definition) is 2. The second-order valence-corrected chi connectivity index (χ2v) is 3.66. The summed E-state index contributed by atoms with van der Waals surface area (Å²) in [5.41, 5.74) is 5.99. The highest BCUT2D eigenvalue weighted by atomic mass is 35.5. The minimum absolute atomic E-state index is 0. The fourth-order valence-electron chi connectivity index (χ4n) is 1.57. The van der Waals surface area contributed by atoms with Crippen LogP contribution in [0.25, 0.3) is 0 Å². The number of methoxy groups -OCH3 is 1. The molecule has 0 saturated heterocycles. The van der Waals surface area contributed by atoms with Crippen LogP contribution in [0.2, 0.25) is 0 Å². The smallest absolute Gasteiger partial charge is 0.168 e. The molecule has 0 saturated carbocycles. The van der Waals surface area contributed by atoms with E-state index >= 15 is 0 Å². The normalized spacial score (nSPS) is 15.5. The Morgan fingerprint density at radius 2 is 2.00 bits per heavy atom. The van der Waals surface area contributed by atoms with Gasteiger partial charge in [0.2, 0.25) is 0 Å². The molecule has 0 aromatic heterocycles. The van der Waals surface area contributed by atoms with E-state index in [1.54, 1.807) is 24.3 Å². The first-order valence-corrected chi connectivity index (χ1v) is 5.16. The largest absolute Gasteiger partial charge is 0.388 e. The Balaban J connectivity index is 0.00000256. The minimum Gasteiger partial charge on any atom is -0.388 e. The molecule has 0 fully saturated rings. The highest BCUT2D eigenvalue weighted by Gasteiger charge is 2.34. The van der Waals surface area contributed by atoms with Gasteiger partial charge < -0.3 is 9.84 Å². The molecule has 1 aromatic carbocycles. The molecule has 1 aromatic rings. The first-order valence-electron chi connectivity index (χ1n) is 5.16. The first-order chi connectivity index (χ1) is 7.58. The van der Waals surface area contributed by atoms with Gasteiger partial charge in [0.05, 0.1) is 0 Å². The molecule has 0 aliphatic rings. The van der Waals surface area contributed by atoms with Gasteiger partial charge >= 0.3 is 0 Å². The van der Waals surface area contributed by atoms with Gasteiger partial charge in [-0.25, -0.2) is 0 Å². The summed E-state index contributed by atoms with van der Waals surface area (Å²) >= 11 is 0. The van der Waals surface area contributed by atoms with Gasteiger partial charge in [0.1, 0.15) is 12.4 Å². The third-order valence-electron chi connectivity index (χ3n) is 2.72. The van der Waals surface area contributed by atoms with Crippen molar-refractivity contribution in [1.82, 2.24) is 0 Å². The van der Waals surface area contributed by atoms with Crippen LogP contribution in [0.15, 0.2) is 24.3 Å². The molecule has 96 valence electrons. The van der Waals surface area contributed by atoms with Crippen molar-refractivity contribution in [2.24, 2.45) is 5.73 Å². The van der Waals surface area contributed by atoms with Gasteiger partial charge in [-0.2, -0.15) is 0 Å². The number of hydrogen-bond acceptors (Lipinski definition) is 4. The van der Waals surface area contributed by atoms with Crippen LogP contribution in [0.3, 0.4) is 0 Å². The van der Waals surface area contributed by atoms with Crippen LogP contribution in [-0.4, -0.2) is 24.6 Å². The zero-order chi connectivity index (χ0) is 12.2.